The minimum atomic E-state index is 0.799. The Kier molecular flexibility index (Phi) is 3.52. The van der Waals surface area contributed by atoms with Crippen LogP contribution in [-0.4, -0.2) is 30.0 Å². The number of halogens is 1. The lowest BCUT2D eigenvalue weighted by molar-refractivity contribution is 0.358. The van der Waals surface area contributed by atoms with Crippen LogP contribution in [0.3, 0.4) is 0 Å². The SMILES string of the molecule is CCN(C)CCc1c[nH]c2c(Cl)cccc12. The second kappa shape index (κ2) is 4.89. The number of likely N-dealkylation sites (N-methyl/N-ethyl adjacent to an activating group) is 1. The Bertz CT molecular complexity index is 476. The number of nitrogens with zero attached hydrogens (tertiary/aromatic N) is 1. The van der Waals surface area contributed by atoms with Crippen molar-refractivity contribution < 1.29 is 0 Å². The van der Waals surface area contributed by atoms with E-state index >= 15 is 0 Å². The van der Waals surface area contributed by atoms with Gasteiger partial charge in [0.25, 0.3) is 0 Å². The van der Waals surface area contributed by atoms with Gasteiger partial charge in [0.1, 0.15) is 0 Å². The Hall–Kier alpha value is -0.990. The van der Waals surface area contributed by atoms with E-state index < -0.39 is 0 Å². The van der Waals surface area contributed by atoms with Crippen molar-refractivity contribution >= 4 is 22.5 Å². The summed E-state index contributed by atoms with van der Waals surface area (Å²) < 4.78 is 0. The van der Waals surface area contributed by atoms with E-state index in [1.165, 1.54) is 10.9 Å². The van der Waals surface area contributed by atoms with Crippen LogP contribution in [0.4, 0.5) is 0 Å². The van der Waals surface area contributed by atoms with E-state index in [2.05, 4.69) is 36.1 Å². The standard InChI is InChI=1S/C13H17ClN2/c1-3-16(2)8-7-10-9-15-13-11(10)5-4-6-12(13)14/h4-6,9,15H,3,7-8H2,1-2H3. The van der Waals surface area contributed by atoms with Gasteiger partial charge in [-0.1, -0.05) is 30.7 Å². The van der Waals surface area contributed by atoms with Crippen LogP contribution in [0.25, 0.3) is 10.9 Å². The molecule has 1 N–H and O–H groups in total. The van der Waals surface area contributed by atoms with E-state index in [4.69, 9.17) is 11.6 Å². The molecule has 0 fully saturated rings. The molecule has 1 aromatic heterocycles. The third-order valence-corrected chi connectivity index (χ3v) is 3.37. The molecule has 0 unspecified atom stereocenters. The number of aromatic amines is 1. The summed E-state index contributed by atoms with van der Waals surface area (Å²) >= 11 is 6.12. The number of hydrogen-bond donors (Lipinski definition) is 1. The fraction of sp³-hybridized carbons (Fsp3) is 0.385. The predicted molar refractivity (Wildman–Crippen MR) is 70.2 cm³/mol. The molecular formula is C13H17ClN2. The number of para-hydroxylation sites is 1. The number of hydrogen-bond acceptors (Lipinski definition) is 1. The monoisotopic (exact) mass is 236 g/mol. The van der Waals surface area contributed by atoms with Gasteiger partial charge in [-0.05, 0) is 31.6 Å². The van der Waals surface area contributed by atoms with Crippen molar-refractivity contribution in [2.24, 2.45) is 0 Å². The van der Waals surface area contributed by atoms with Gasteiger partial charge in [0.15, 0.2) is 0 Å². The summed E-state index contributed by atoms with van der Waals surface area (Å²) in [4.78, 5) is 5.56. The number of nitrogens with one attached hydrogen (secondary N) is 1. The first kappa shape index (κ1) is 11.5. The maximum Gasteiger partial charge on any atom is 0.0647 e. The zero-order valence-electron chi connectivity index (χ0n) is 9.76. The average Bonchev–Trinajstić information content (AvgIpc) is 2.70. The molecule has 0 aliphatic carbocycles. The van der Waals surface area contributed by atoms with Crippen molar-refractivity contribution in [1.82, 2.24) is 9.88 Å². The quantitative estimate of drug-likeness (QED) is 0.863. The lowest BCUT2D eigenvalue weighted by Crippen LogP contribution is -2.20. The number of rotatable bonds is 4. The third-order valence-electron chi connectivity index (χ3n) is 3.05. The fourth-order valence-corrected chi connectivity index (χ4v) is 2.08. The first-order valence-corrected chi connectivity index (χ1v) is 6.03. The van der Waals surface area contributed by atoms with Crippen molar-refractivity contribution in [3.63, 3.8) is 0 Å². The molecule has 3 heteroatoms. The van der Waals surface area contributed by atoms with Crippen molar-refractivity contribution in [3.8, 4) is 0 Å². The molecule has 2 rings (SSSR count). The molecule has 0 aliphatic rings. The van der Waals surface area contributed by atoms with Crippen molar-refractivity contribution in [2.45, 2.75) is 13.3 Å². The van der Waals surface area contributed by atoms with Gasteiger partial charge >= 0.3 is 0 Å². The van der Waals surface area contributed by atoms with Crippen molar-refractivity contribution in [2.75, 3.05) is 20.1 Å². The van der Waals surface area contributed by atoms with E-state index in [-0.39, 0.29) is 0 Å². The first-order valence-electron chi connectivity index (χ1n) is 5.65. The van der Waals surface area contributed by atoms with Crippen LogP contribution in [0.5, 0.6) is 0 Å². The molecule has 2 aromatic rings. The van der Waals surface area contributed by atoms with Gasteiger partial charge in [-0.2, -0.15) is 0 Å². The highest BCUT2D eigenvalue weighted by Gasteiger charge is 2.06. The fourth-order valence-electron chi connectivity index (χ4n) is 1.85. The smallest absolute Gasteiger partial charge is 0.0647 e. The predicted octanol–water partition coefficient (Wildman–Crippen LogP) is 3.32. The van der Waals surface area contributed by atoms with Crippen LogP contribution in [0, 0.1) is 0 Å². The molecule has 86 valence electrons. The summed E-state index contributed by atoms with van der Waals surface area (Å²) in [6, 6.07) is 6.05. The zero-order valence-corrected chi connectivity index (χ0v) is 10.5. The van der Waals surface area contributed by atoms with Gasteiger partial charge in [0, 0.05) is 18.1 Å². The maximum atomic E-state index is 6.12. The van der Waals surface area contributed by atoms with Gasteiger partial charge in [0.2, 0.25) is 0 Å². The molecule has 0 atom stereocenters. The van der Waals surface area contributed by atoms with Crippen LogP contribution in [0.2, 0.25) is 5.02 Å². The number of H-pyrrole nitrogens is 1. The van der Waals surface area contributed by atoms with Gasteiger partial charge in [0.05, 0.1) is 10.5 Å². The van der Waals surface area contributed by atoms with E-state index in [0.717, 1.165) is 30.0 Å². The zero-order chi connectivity index (χ0) is 11.5. The van der Waals surface area contributed by atoms with Crippen LogP contribution < -0.4 is 0 Å². The molecule has 1 heterocycles. The number of aromatic nitrogens is 1. The van der Waals surface area contributed by atoms with E-state index in [9.17, 15) is 0 Å². The second-order valence-corrected chi connectivity index (χ2v) is 4.53. The maximum absolute atomic E-state index is 6.12. The first-order chi connectivity index (χ1) is 7.72. The molecule has 0 amide bonds. The molecular weight excluding hydrogens is 220 g/mol. The third kappa shape index (κ3) is 2.23. The molecule has 0 radical (unpaired) electrons. The highest BCUT2D eigenvalue weighted by atomic mass is 35.5. The van der Waals surface area contributed by atoms with E-state index in [0.29, 0.717) is 0 Å². The summed E-state index contributed by atoms with van der Waals surface area (Å²) in [5.74, 6) is 0. The van der Waals surface area contributed by atoms with Gasteiger partial charge in [-0.15, -0.1) is 0 Å². The lowest BCUT2D eigenvalue weighted by atomic mass is 10.1. The Morgan fingerprint density at radius 1 is 1.38 bits per heavy atom. The summed E-state index contributed by atoms with van der Waals surface area (Å²) in [5.41, 5.74) is 2.40. The van der Waals surface area contributed by atoms with Crippen molar-refractivity contribution in [1.29, 1.82) is 0 Å². The van der Waals surface area contributed by atoms with Gasteiger partial charge in [-0.3, -0.25) is 0 Å². The van der Waals surface area contributed by atoms with Crippen molar-refractivity contribution in [3.05, 3.63) is 35.0 Å². The lowest BCUT2D eigenvalue weighted by Gasteiger charge is -2.12. The van der Waals surface area contributed by atoms with Crippen LogP contribution in [-0.2, 0) is 6.42 Å². The Labute approximate surface area is 101 Å². The summed E-state index contributed by atoms with van der Waals surface area (Å²) in [6.45, 7) is 4.34. The van der Waals surface area contributed by atoms with E-state index in [1.54, 1.807) is 0 Å². The highest BCUT2D eigenvalue weighted by molar-refractivity contribution is 6.35. The number of benzene rings is 1. The molecule has 1 aromatic carbocycles. The topological polar surface area (TPSA) is 19.0 Å². The normalized spacial score (nSPS) is 11.5. The van der Waals surface area contributed by atoms with Gasteiger partial charge in [-0.25, -0.2) is 0 Å². The molecule has 0 saturated heterocycles. The van der Waals surface area contributed by atoms with Gasteiger partial charge < -0.3 is 9.88 Å². The molecule has 2 nitrogen and oxygen atoms in total. The van der Waals surface area contributed by atoms with E-state index in [1.807, 2.05) is 12.1 Å². The van der Waals surface area contributed by atoms with Crippen LogP contribution in [0.1, 0.15) is 12.5 Å². The largest absolute Gasteiger partial charge is 0.360 e. The van der Waals surface area contributed by atoms with Crippen LogP contribution >= 0.6 is 11.6 Å². The Balaban J connectivity index is 2.22. The molecule has 0 aliphatic heterocycles. The van der Waals surface area contributed by atoms with Crippen LogP contribution in [0.15, 0.2) is 24.4 Å². The Morgan fingerprint density at radius 3 is 2.94 bits per heavy atom. The number of fused-ring (bicyclic) bond motifs is 1. The molecule has 0 saturated carbocycles. The Morgan fingerprint density at radius 2 is 2.19 bits per heavy atom. The summed E-state index contributed by atoms with van der Waals surface area (Å²) in [5, 5.41) is 2.05. The minimum absolute atomic E-state index is 0.799. The summed E-state index contributed by atoms with van der Waals surface area (Å²) in [7, 11) is 2.14. The summed E-state index contributed by atoms with van der Waals surface area (Å²) in [6.07, 6.45) is 3.13. The minimum Gasteiger partial charge on any atom is -0.360 e. The molecule has 0 bridgehead atoms. The molecule has 0 spiro atoms. The second-order valence-electron chi connectivity index (χ2n) is 4.12. The molecule has 16 heavy (non-hydrogen) atoms. The average molecular weight is 237 g/mol. The highest BCUT2D eigenvalue weighted by Crippen LogP contribution is 2.25.